The van der Waals surface area contributed by atoms with E-state index >= 15 is 0 Å². The van der Waals surface area contributed by atoms with Crippen molar-refractivity contribution >= 4 is 0 Å². The molecule has 0 aliphatic heterocycles. The molecule has 0 atom stereocenters. The van der Waals surface area contributed by atoms with Crippen LogP contribution >= 0.6 is 0 Å². The van der Waals surface area contributed by atoms with E-state index in [1.807, 2.05) is 0 Å². The Morgan fingerprint density at radius 3 is 1.19 bits per heavy atom. The van der Waals surface area contributed by atoms with Crippen LogP contribution in [0.3, 0.4) is 0 Å². The van der Waals surface area contributed by atoms with Crippen molar-refractivity contribution in [3.63, 3.8) is 0 Å². The van der Waals surface area contributed by atoms with Gasteiger partial charge in [-0.15, -0.1) is 0 Å². The average molecular weight is 351 g/mol. The van der Waals surface area contributed by atoms with Crippen molar-refractivity contribution in [1.82, 2.24) is 0 Å². The Balaban J connectivity index is 2.17. The van der Waals surface area contributed by atoms with E-state index in [-0.39, 0.29) is 5.41 Å². The molecule has 1 aliphatic rings. The highest BCUT2D eigenvalue weighted by Crippen LogP contribution is 2.52. The van der Waals surface area contributed by atoms with E-state index in [1.54, 1.807) is 0 Å². The van der Waals surface area contributed by atoms with Crippen LogP contribution in [0.1, 0.15) is 43.9 Å². The number of rotatable bonds is 4. The molecule has 0 spiro atoms. The van der Waals surface area contributed by atoms with Crippen LogP contribution in [0.4, 0.5) is 0 Å². The van der Waals surface area contributed by atoms with Gasteiger partial charge in [0, 0.05) is 0 Å². The largest absolute Gasteiger partial charge is 0.0703 e. The van der Waals surface area contributed by atoms with Gasteiger partial charge in [0.25, 0.3) is 0 Å². The van der Waals surface area contributed by atoms with Gasteiger partial charge in [-0.25, -0.2) is 0 Å². The Morgan fingerprint density at radius 1 is 0.519 bits per heavy atom. The maximum Gasteiger partial charge on any atom is 0.0703 e. The summed E-state index contributed by atoms with van der Waals surface area (Å²) in [5.74, 6) is 0. The standard InChI is InChI=1S/C27H26/c1-20-19-21(2)26(22(20)3)27(23-13-7-4-8-14-23,24-15-9-5-10-16-24)25-17-11-6-12-18-25/h4-18H,19H2,1-3H3. The highest BCUT2D eigenvalue weighted by atomic mass is 14.4. The first kappa shape index (κ1) is 17.5. The molecule has 0 aromatic heterocycles. The highest BCUT2D eigenvalue weighted by molar-refractivity contribution is 5.66. The lowest BCUT2D eigenvalue weighted by molar-refractivity contribution is 0.726. The van der Waals surface area contributed by atoms with Crippen molar-refractivity contribution in [3.05, 3.63) is 130 Å². The smallest absolute Gasteiger partial charge is 0.0660 e. The summed E-state index contributed by atoms with van der Waals surface area (Å²) in [7, 11) is 0. The van der Waals surface area contributed by atoms with Gasteiger partial charge in [0.2, 0.25) is 0 Å². The summed E-state index contributed by atoms with van der Waals surface area (Å²) in [4.78, 5) is 0. The fourth-order valence-corrected chi connectivity index (χ4v) is 4.75. The third kappa shape index (κ3) is 2.77. The second-order valence-electron chi connectivity index (χ2n) is 7.59. The summed E-state index contributed by atoms with van der Waals surface area (Å²) < 4.78 is 0. The van der Waals surface area contributed by atoms with Crippen LogP contribution in [-0.2, 0) is 5.41 Å². The Kier molecular flexibility index (Phi) is 4.58. The van der Waals surface area contributed by atoms with Crippen LogP contribution in [0.2, 0.25) is 0 Å². The Bertz CT molecular complexity index is 893. The maximum atomic E-state index is 2.30. The van der Waals surface area contributed by atoms with Crippen LogP contribution in [0.5, 0.6) is 0 Å². The molecule has 0 nitrogen and oxygen atoms in total. The van der Waals surface area contributed by atoms with E-state index in [0.29, 0.717) is 0 Å². The zero-order valence-corrected chi connectivity index (χ0v) is 16.4. The zero-order chi connectivity index (χ0) is 18.9. The predicted molar refractivity (Wildman–Crippen MR) is 115 cm³/mol. The topological polar surface area (TPSA) is 0 Å². The lowest BCUT2D eigenvalue weighted by atomic mass is 9.62. The summed E-state index contributed by atoms with van der Waals surface area (Å²) in [6.45, 7) is 6.88. The molecule has 3 aromatic carbocycles. The monoisotopic (exact) mass is 350 g/mol. The Hall–Kier alpha value is -2.86. The molecule has 0 heteroatoms. The van der Waals surface area contributed by atoms with Crippen molar-refractivity contribution in [2.24, 2.45) is 0 Å². The zero-order valence-electron chi connectivity index (χ0n) is 16.4. The molecule has 0 fully saturated rings. The van der Waals surface area contributed by atoms with Gasteiger partial charge in [-0.1, -0.05) is 102 Å². The normalized spacial score (nSPS) is 14.8. The summed E-state index contributed by atoms with van der Waals surface area (Å²) in [5.41, 5.74) is 9.53. The molecule has 134 valence electrons. The summed E-state index contributed by atoms with van der Waals surface area (Å²) in [5, 5.41) is 0. The molecule has 0 heterocycles. The van der Waals surface area contributed by atoms with Gasteiger partial charge in [-0.3, -0.25) is 0 Å². The molecule has 0 amide bonds. The van der Waals surface area contributed by atoms with Crippen LogP contribution in [0, 0.1) is 0 Å². The molecular weight excluding hydrogens is 324 g/mol. The molecule has 0 N–H and O–H groups in total. The fourth-order valence-electron chi connectivity index (χ4n) is 4.75. The minimum atomic E-state index is -0.296. The molecule has 0 radical (unpaired) electrons. The fraction of sp³-hybridized carbons (Fsp3) is 0.185. The minimum Gasteiger partial charge on any atom is -0.0660 e. The van der Waals surface area contributed by atoms with E-state index < -0.39 is 0 Å². The van der Waals surface area contributed by atoms with Crippen molar-refractivity contribution in [2.75, 3.05) is 0 Å². The molecule has 0 saturated heterocycles. The van der Waals surface area contributed by atoms with Crippen molar-refractivity contribution < 1.29 is 0 Å². The first-order valence-corrected chi connectivity index (χ1v) is 9.69. The SMILES string of the molecule is CC1=C(C)C(C(c2ccccc2)(c2ccccc2)c2ccccc2)=C(C)C1. The third-order valence-electron chi connectivity index (χ3n) is 5.97. The molecule has 3 aromatic rings. The number of hydrogen-bond acceptors (Lipinski definition) is 0. The first-order valence-electron chi connectivity index (χ1n) is 9.69. The van der Waals surface area contributed by atoms with E-state index in [4.69, 9.17) is 0 Å². The lowest BCUT2D eigenvalue weighted by Gasteiger charge is -2.39. The Labute approximate surface area is 162 Å². The molecule has 27 heavy (non-hydrogen) atoms. The van der Waals surface area contributed by atoms with Gasteiger partial charge in [0.15, 0.2) is 0 Å². The maximum absolute atomic E-state index is 2.30. The lowest BCUT2D eigenvalue weighted by Crippen LogP contribution is -2.32. The second-order valence-corrected chi connectivity index (χ2v) is 7.59. The van der Waals surface area contributed by atoms with E-state index in [9.17, 15) is 0 Å². The van der Waals surface area contributed by atoms with Gasteiger partial charge < -0.3 is 0 Å². The molecular formula is C27H26. The quantitative estimate of drug-likeness (QED) is 0.441. The molecule has 4 rings (SSSR count). The van der Waals surface area contributed by atoms with Crippen LogP contribution < -0.4 is 0 Å². The van der Waals surface area contributed by atoms with E-state index in [1.165, 1.54) is 39.0 Å². The number of benzene rings is 3. The van der Waals surface area contributed by atoms with E-state index in [0.717, 1.165) is 6.42 Å². The number of hydrogen-bond donors (Lipinski definition) is 0. The van der Waals surface area contributed by atoms with Crippen molar-refractivity contribution in [3.8, 4) is 0 Å². The minimum absolute atomic E-state index is 0.296. The summed E-state index contributed by atoms with van der Waals surface area (Å²) >= 11 is 0. The summed E-state index contributed by atoms with van der Waals surface area (Å²) in [6.07, 6.45) is 1.06. The van der Waals surface area contributed by atoms with Crippen LogP contribution in [0.15, 0.2) is 113 Å². The average Bonchev–Trinajstić information content (AvgIpc) is 2.98. The van der Waals surface area contributed by atoms with E-state index in [2.05, 4.69) is 112 Å². The molecule has 0 bridgehead atoms. The van der Waals surface area contributed by atoms with Crippen molar-refractivity contribution in [1.29, 1.82) is 0 Å². The van der Waals surface area contributed by atoms with Gasteiger partial charge in [-0.05, 0) is 55.0 Å². The van der Waals surface area contributed by atoms with Gasteiger partial charge >= 0.3 is 0 Å². The van der Waals surface area contributed by atoms with Gasteiger partial charge in [-0.2, -0.15) is 0 Å². The van der Waals surface area contributed by atoms with Crippen LogP contribution in [-0.4, -0.2) is 0 Å². The van der Waals surface area contributed by atoms with Gasteiger partial charge in [0.1, 0.15) is 0 Å². The molecule has 1 aliphatic carbocycles. The van der Waals surface area contributed by atoms with Crippen molar-refractivity contribution in [2.45, 2.75) is 32.6 Å². The summed E-state index contributed by atoms with van der Waals surface area (Å²) in [6, 6.07) is 32.9. The Morgan fingerprint density at radius 2 is 0.889 bits per heavy atom. The van der Waals surface area contributed by atoms with Gasteiger partial charge in [0.05, 0.1) is 5.41 Å². The second kappa shape index (κ2) is 7.04. The molecule has 0 unspecified atom stereocenters. The van der Waals surface area contributed by atoms with Crippen LogP contribution in [0.25, 0.3) is 0 Å². The predicted octanol–water partition coefficient (Wildman–Crippen LogP) is 7.08. The highest BCUT2D eigenvalue weighted by Gasteiger charge is 2.43. The number of allylic oxidation sites excluding steroid dienone is 4. The first-order chi connectivity index (χ1) is 13.2. The third-order valence-corrected chi connectivity index (χ3v) is 5.97. The molecule has 0 saturated carbocycles.